The van der Waals surface area contributed by atoms with Crippen LogP contribution in [-0.2, 0) is 16.6 Å². The summed E-state index contributed by atoms with van der Waals surface area (Å²) in [4.78, 5) is 14.6. The van der Waals surface area contributed by atoms with Crippen LogP contribution < -0.4 is 4.72 Å². The SMILES string of the molecule is Cc1ccc(CNS(=O)(=O)c2ccsc2C(=O)O)cn1. The molecular weight excluding hydrogens is 300 g/mol. The van der Waals surface area contributed by atoms with Crippen LogP contribution in [0.2, 0.25) is 0 Å². The number of carbonyl (C=O) groups is 1. The zero-order valence-electron chi connectivity index (χ0n) is 10.5. The molecule has 2 aromatic heterocycles. The summed E-state index contributed by atoms with van der Waals surface area (Å²) in [6.07, 6.45) is 1.57. The van der Waals surface area contributed by atoms with E-state index in [0.29, 0.717) is 5.56 Å². The smallest absolute Gasteiger partial charge is 0.347 e. The lowest BCUT2D eigenvalue weighted by molar-refractivity contribution is 0.0698. The minimum Gasteiger partial charge on any atom is -0.477 e. The summed E-state index contributed by atoms with van der Waals surface area (Å²) < 4.78 is 26.5. The van der Waals surface area contributed by atoms with E-state index < -0.39 is 16.0 Å². The monoisotopic (exact) mass is 312 g/mol. The standard InChI is InChI=1S/C12H12N2O4S2/c1-8-2-3-9(6-13-8)7-14-20(17,18)10-4-5-19-11(10)12(15)16/h2-6,14H,7H2,1H3,(H,15,16). The Hall–Kier alpha value is -1.77. The van der Waals surface area contributed by atoms with Gasteiger partial charge >= 0.3 is 5.97 Å². The number of pyridine rings is 1. The number of hydrogen-bond donors (Lipinski definition) is 2. The third-order valence-electron chi connectivity index (χ3n) is 2.55. The van der Waals surface area contributed by atoms with E-state index in [2.05, 4.69) is 9.71 Å². The van der Waals surface area contributed by atoms with Gasteiger partial charge in [-0.2, -0.15) is 0 Å². The second-order valence-corrected chi connectivity index (χ2v) is 6.70. The second kappa shape index (κ2) is 5.70. The molecule has 106 valence electrons. The number of hydrogen-bond acceptors (Lipinski definition) is 5. The van der Waals surface area contributed by atoms with Crippen LogP contribution in [0.1, 0.15) is 20.9 Å². The first-order chi connectivity index (χ1) is 9.40. The molecule has 0 aliphatic rings. The maximum Gasteiger partial charge on any atom is 0.347 e. The molecule has 0 aromatic carbocycles. The third-order valence-corrected chi connectivity index (χ3v) is 5.03. The van der Waals surface area contributed by atoms with E-state index in [-0.39, 0.29) is 16.3 Å². The quantitative estimate of drug-likeness (QED) is 0.874. The van der Waals surface area contributed by atoms with Crippen LogP contribution in [0, 0.1) is 6.92 Å². The molecule has 0 saturated heterocycles. The fourth-order valence-corrected chi connectivity index (χ4v) is 3.80. The number of nitrogens with zero attached hydrogens (tertiary/aromatic N) is 1. The van der Waals surface area contributed by atoms with Gasteiger partial charge in [-0.25, -0.2) is 17.9 Å². The van der Waals surface area contributed by atoms with Crippen LogP contribution >= 0.6 is 11.3 Å². The lowest BCUT2D eigenvalue weighted by Gasteiger charge is -2.06. The van der Waals surface area contributed by atoms with E-state index in [1.807, 2.05) is 6.92 Å². The first-order valence-electron chi connectivity index (χ1n) is 5.62. The number of thiophene rings is 1. The van der Waals surface area contributed by atoms with Crippen molar-refractivity contribution in [3.63, 3.8) is 0 Å². The van der Waals surface area contributed by atoms with Crippen molar-refractivity contribution in [2.24, 2.45) is 0 Å². The van der Waals surface area contributed by atoms with E-state index >= 15 is 0 Å². The van der Waals surface area contributed by atoms with E-state index in [0.717, 1.165) is 17.0 Å². The number of aromatic carboxylic acids is 1. The van der Waals surface area contributed by atoms with Crippen molar-refractivity contribution >= 4 is 27.3 Å². The molecule has 0 bridgehead atoms. The fraction of sp³-hybridized carbons (Fsp3) is 0.167. The van der Waals surface area contributed by atoms with E-state index in [4.69, 9.17) is 5.11 Å². The molecule has 8 heteroatoms. The van der Waals surface area contributed by atoms with Gasteiger partial charge in [0.05, 0.1) is 0 Å². The summed E-state index contributed by atoms with van der Waals surface area (Å²) in [5.74, 6) is -1.25. The minimum absolute atomic E-state index is 0.0600. The molecule has 2 rings (SSSR count). The van der Waals surface area contributed by atoms with E-state index in [1.54, 1.807) is 18.3 Å². The molecule has 0 spiro atoms. The van der Waals surface area contributed by atoms with Gasteiger partial charge in [0, 0.05) is 18.4 Å². The van der Waals surface area contributed by atoms with Crippen LogP contribution in [0.5, 0.6) is 0 Å². The molecule has 6 nitrogen and oxygen atoms in total. The van der Waals surface area contributed by atoms with Crippen molar-refractivity contribution in [2.45, 2.75) is 18.4 Å². The van der Waals surface area contributed by atoms with Crippen molar-refractivity contribution < 1.29 is 18.3 Å². The molecule has 0 unspecified atom stereocenters. The maximum atomic E-state index is 12.1. The van der Waals surface area contributed by atoms with Crippen LogP contribution in [0.4, 0.5) is 0 Å². The summed E-state index contributed by atoms with van der Waals surface area (Å²) in [5, 5.41) is 10.4. The Bertz CT molecular complexity index is 720. The average molecular weight is 312 g/mol. The molecule has 0 aliphatic heterocycles. The zero-order valence-corrected chi connectivity index (χ0v) is 12.2. The van der Waals surface area contributed by atoms with E-state index in [1.165, 1.54) is 11.4 Å². The largest absolute Gasteiger partial charge is 0.477 e. The number of rotatable bonds is 5. The molecule has 2 aromatic rings. The number of aromatic nitrogens is 1. The molecular formula is C12H12N2O4S2. The molecule has 0 atom stereocenters. The highest BCUT2D eigenvalue weighted by Gasteiger charge is 2.23. The van der Waals surface area contributed by atoms with Crippen molar-refractivity contribution in [3.8, 4) is 0 Å². The first-order valence-corrected chi connectivity index (χ1v) is 7.98. The number of carboxylic acids is 1. The second-order valence-electron chi connectivity index (χ2n) is 4.05. The predicted octanol–water partition coefficient (Wildman–Crippen LogP) is 1.63. The predicted molar refractivity (Wildman–Crippen MR) is 74.3 cm³/mol. The summed E-state index contributed by atoms with van der Waals surface area (Å²) in [6, 6.07) is 4.82. The molecule has 0 fully saturated rings. The average Bonchev–Trinajstić information content (AvgIpc) is 2.88. The molecule has 0 amide bonds. The lowest BCUT2D eigenvalue weighted by atomic mass is 10.2. The number of nitrogens with one attached hydrogen (secondary N) is 1. The van der Waals surface area contributed by atoms with E-state index in [9.17, 15) is 13.2 Å². The highest BCUT2D eigenvalue weighted by Crippen LogP contribution is 2.21. The van der Waals surface area contributed by atoms with Crippen LogP contribution in [0.15, 0.2) is 34.7 Å². The highest BCUT2D eigenvalue weighted by atomic mass is 32.2. The number of aryl methyl sites for hydroxylation is 1. The van der Waals surface area contributed by atoms with Gasteiger partial charge in [0.1, 0.15) is 9.77 Å². The molecule has 0 aliphatic carbocycles. The molecule has 0 radical (unpaired) electrons. The zero-order chi connectivity index (χ0) is 14.8. The Morgan fingerprint density at radius 2 is 2.15 bits per heavy atom. The Morgan fingerprint density at radius 1 is 1.40 bits per heavy atom. The topological polar surface area (TPSA) is 96.4 Å². The highest BCUT2D eigenvalue weighted by molar-refractivity contribution is 7.89. The van der Waals surface area contributed by atoms with Gasteiger partial charge in [0.2, 0.25) is 10.0 Å². The van der Waals surface area contributed by atoms with Gasteiger partial charge < -0.3 is 5.11 Å². The van der Waals surface area contributed by atoms with Crippen molar-refractivity contribution in [2.75, 3.05) is 0 Å². The summed E-state index contributed by atoms with van der Waals surface area (Å²) in [7, 11) is -3.85. The van der Waals surface area contributed by atoms with Crippen molar-refractivity contribution in [1.82, 2.24) is 9.71 Å². The van der Waals surface area contributed by atoms with Gasteiger partial charge in [0.25, 0.3) is 0 Å². The van der Waals surface area contributed by atoms with Crippen LogP contribution in [-0.4, -0.2) is 24.5 Å². The molecule has 0 saturated carbocycles. The molecule has 20 heavy (non-hydrogen) atoms. The number of sulfonamides is 1. The summed E-state index contributed by atoms with van der Waals surface area (Å²) in [6.45, 7) is 1.89. The minimum atomic E-state index is -3.85. The van der Waals surface area contributed by atoms with Gasteiger partial charge in [-0.1, -0.05) is 6.07 Å². The Labute approximate surface area is 120 Å². The normalized spacial score (nSPS) is 11.4. The van der Waals surface area contributed by atoms with Crippen molar-refractivity contribution in [3.05, 3.63) is 45.9 Å². The first kappa shape index (κ1) is 14.6. The molecule has 2 heterocycles. The number of carboxylic acid groups (broad SMARTS) is 1. The maximum absolute atomic E-state index is 12.1. The van der Waals surface area contributed by atoms with Crippen LogP contribution in [0.3, 0.4) is 0 Å². The Balaban J connectivity index is 2.17. The van der Waals surface area contributed by atoms with Crippen LogP contribution in [0.25, 0.3) is 0 Å². The van der Waals surface area contributed by atoms with Crippen molar-refractivity contribution in [1.29, 1.82) is 0 Å². The molecule has 2 N–H and O–H groups in total. The Morgan fingerprint density at radius 3 is 2.75 bits per heavy atom. The Kier molecular flexibility index (Phi) is 4.17. The fourth-order valence-electron chi connectivity index (χ4n) is 1.52. The summed E-state index contributed by atoms with van der Waals surface area (Å²) in [5.41, 5.74) is 1.54. The van der Waals surface area contributed by atoms with Gasteiger partial charge in [0.15, 0.2) is 0 Å². The van der Waals surface area contributed by atoms with Gasteiger partial charge in [-0.15, -0.1) is 11.3 Å². The lowest BCUT2D eigenvalue weighted by Crippen LogP contribution is -2.24. The van der Waals surface area contributed by atoms with Gasteiger partial charge in [-0.05, 0) is 30.0 Å². The summed E-state index contributed by atoms with van der Waals surface area (Å²) >= 11 is 0.877. The third kappa shape index (κ3) is 3.21. The van der Waals surface area contributed by atoms with Gasteiger partial charge in [-0.3, -0.25) is 4.98 Å².